The fraction of sp³-hybridized carbons (Fsp3) is 0.333. The predicted molar refractivity (Wildman–Crippen MR) is 83.1 cm³/mol. The Balaban J connectivity index is 1.79. The molecule has 2 heterocycles. The first-order chi connectivity index (χ1) is 10.2. The molecule has 0 saturated heterocycles. The van der Waals surface area contributed by atoms with Crippen molar-refractivity contribution in [2.24, 2.45) is 0 Å². The topological polar surface area (TPSA) is 54.5 Å². The molecular formula is C15H17N3O2S. The fourth-order valence-electron chi connectivity index (χ4n) is 2.37. The highest BCUT2D eigenvalue weighted by molar-refractivity contribution is 7.15. The van der Waals surface area contributed by atoms with E-state index in [1.807, 2.05) is 12.1 Å². The number of para-hydroxylation sites is 1. The van der Waals surface area contributed by atoms with Crippen LogP contribution in [0.25, 0.3) is 0 Å². The number of rotatable bonds is 3. The minimum Gasteiger partial charge on any atom is -0.496 e. The van der Waals surface area contributed by atoms with Gasteiger partial charge in [0.05, 0.1) is 18.4 Å². The van der Waals surface area contributed by atoms with Crippen LogP contribution in [-0.2, 0) is 13.0 Å². The number of carbonyl (C=O) groups excluding carboxylic acids is 1. The van der Waals surface area contributed by atoms with Crippen LogP contribution < -0.4 is 10.1 Å². The lowest BCUT2D eigenvalue weighted by Gasteiger charge is -2.20. The number of ether oxygens (including phenoxy) is 1. The molecular weight excluding hydrogens is 286 g/mol. The van der Waals surface area contributed by atoms with Crippen molar-refractivity contribution in [2.45, 2.75) is 13.0 Å². The molecule has 1 aromatic heterocycles. The van der Waals surface area contributed by atoms with E-state index in [1.54, 1.807) is 30.6 Å². The molecule has 1 amide bonds. The van der Waals surface area contributed by atoms with E-state index < -0.39 is 0 Å². The van der Waals surface area contributed by atoms with Crippen LogP contribution in [-0.4, -0.2) is 36.5 Å². The van der Waals surface area contributed by atoms with Crippen LogP contribution in [0.15, 0.2) is 24.3 Å². The first-order valence-electron chi connectivity index (χ1n) is 6.79. The molecule has 21 heavy (non-hydrogen) atoms. The maximum atomic E-state index is 12.3. The third kappa shape index (κ3) is 2.91. The number of amides is 1. The lowest BCUT2D eigenvalue weighted by molar-refractivity contribution is 0.102. The van der Waals surface area contributed by atoms with Gasteiger partial charge >= 0.3 is 0 Å². The van der Waals surface area contributed by atoms with E-state index in [1.165, 1.54) is 4.88 Å². The van der Waals surface area contributed by atoms with Gasteiger partial charge < -0.3 is 9.64 Å². The summed E-state index contributed by atoms with van der Waals surface area (Å²) in [5.74, 6) is 0.378. The number of carbonyl (C=O) groups is 1. The van der Waals surface area contributed by atoms with Gasteiger partial charge in [0.2, 0.25) is 0 Å². The highest BCUT2D eigenvalue weighted by Gasteiger charge is 2.20. The number of likely N-dealkylation sites (N-methyl/N-ethyl adjacent to an activating group) is 1. The number of aromatic nitrogens is 1. The molecule has 5 nitrogen and oxygen atoms in total. The van der Waals surface area contributed by atoms with Gasteiger partial charge in [-0.3, -0.25) is 10.1 Å². The summed E-state index contributed by atoms with van der Waals surface area (Å²) in [6.45, 7) is 1.91. The van der Waals surface area contributed by atoms with E-state index in [-0.39, 0.29) is 5.91 Å². The Morgan fingerprint density at radius 2 is 2.24 bits per heavy atom. The zero-order valence-corrected chi connectivity index (χ0v) is 12.9. The minimum absolute atomic E-state index is 0.188. The zero-order chi connectivity index (χ0) is 14.8. The molecule has 1 N–H and O–H groups in total. The summed E-state index contributed by atoms with van der Waals surface area (Å²) in [6.07, 6.45) is 0.937. The Bertz CT molecular complexity index is 669. The zero-order valence-electron chi connectivity index (χ0n) is 12.0. The molecule has 0 spiro atoms. The molecule has 0 atom stereocenters. The molecule has 0 aliphatic carbocycles. The summed E-state index contributed by atoms with van der Waals surface area (Å²) in [5, 5.41) is 3.53. The van der Waals surface area contributed by atoms with E-state index in [0.717, 1.165) is 25.2 Å². The first kappa shape index (κ1) is 14.0. The summed E-state index contributed by atoms with van der Waals surface area (Å²) >= 11 is 1.55. The molecule has 0 fully saturated rings. The van der Waals surface area contributed by atoms with E-state index >= 15 is 0 Å². The van der Waals surface area contributed by atoms with Crippen LogP contribution >= 0.6 is 11.3 Å². The highest BCUT2D eigenvalue weighted by Crippen LogP contribution is 2.28. The molecule has 1 aliphatic rings. The predicted octanol–water partition coefficient (Wildman–Crippen LogP) is 2.39. The lowest BCUT2D eigenvalue weighted by atomic mass is 10.2. The van der Waals surface area contributed by atoms with Gasteiger partial charge in [-0.1, -0.05) is 12.1 Å². The van der Waals surface area contributed by atoms with Crippen molar-refractivity contribution in [3.63, 3.8) is 0 Å². The molecule has 2 aromatic rings. The summed E-state index contributed by atoms with van der Waals surface area (Å²) in [7, 11) is 3.65. The second-order valence-corrected chi connectivity index (χ2v) is 6.11. The largest absolute Gasteiger partial charge is 0.496 e. The average Bonchev–Trinajstić information content (AvgIpc) is 2.88. The van der Waals surface area contributed by atoms with Gasteiger partial charge in [0.1, 0.15) is 5.75 Å². The first-order valence-corrected chi connectivity index (χ1v) is 7.60. The van der Waals surface area contributed by atoms with Crippen LogP contribution in [0.1, 0.15) is 20.9 Å². The second-order valence-electron chi connectivity index (χ2n) is 5.03. The van der Waals surface area contributed by atoms with Gasteiger partial charge in [-0.15, -0.1) is 11.3 Å². The molecule has 110 valence electrons. The van der Waals surface area contributed by atoms with Crippen molar-refractivity contribution in [1.82, 2.24) is 9.88 Å². The third-order valence-corrected chi connectivity index (χ3v) is 4.49. The molecule has 0 radical (unpaired) electrons. The number of fused-ring (bicyclic) bond motifs is 1. The SMILES string of the molecule is COc1ccccc1C(=O)Nc1nc2c(s1)CN(C)CC2. The van der Waals surface area contributed by atoms with Crippen LogP contribution in [0.5, 0.6) is 5.75 Å². The average molecular weight is 303 g/mol. The molecule has 3 rings (SSSR count). The number of methoxy groups -OCH3 is 1. The Morgan fingerprint density at radius 1 is 1.43 bits per heavy atom. The monoisotopic (exact) mass is 303 g/mol. The van der Waals surface area contributed by atoms with Gasteiger partial charge in [-0.2, -0.15) is 0 Å². The van der Waals surface area contributed by atoms with Crippen molar-refractivity contribution in [3.8, 4) is 5.75 Å². The maximum absolute atomic E-state index is 12.3. The molecule has 1 aromatic carbocycles. The van der Waals surface area contributed by atoms with Crippen LogP contribution in [0, 0.1) is 0 Å². The summed E-state index contributed by atoms with van der Waals surface area (Å²) in [5.41, 5.74) is 1.62. The molecule has 0 saturated carbocycles. The summed E-state index contributed by atoms with van der Waals surface area (Å²) in [6, 6.07) is 7.18. The minimum atomic E-state index is -0.188. The summed E-state index contributed by atoms with van der Waals surface area (Å²) in [4.78, 5) is 20.4. The molecule has 1 aliphatic heterocycles. The number of hydrogen-bond donors (Lipinski definition) is 1. The number of anilines is 1. The maximum Gasteiger partial charge on any atom is 0.261 e. The van der Waals surface area contributed by atoms with Crippen molar-refractivity contribution in [3.05, 3.63) is 40.4 Å². The van der Waals surface area contributed by atoms with Gasteiger partial charge in [-0.05, 0) is 19.2 Å². The Morgan fingerprint density at radius 3 is 3.05 bits per heavy atom. The van der Waals surface area contributed by atoms with Gasteiger partial charge in [0, 0.05) is 24.4 Å². The molecule has 0 unspecified atom stereocenters. The molecule has 6 heteroatoms. The molecule has 0 bridgehead atoms. The van der Waals surface area contributed by atoms with Gasteiger partial charge in [0.25, 0.3) is 5.91 Å². The number of benzene rings is 1. The number of nitrogens with one attached hydrogen (secondary N) is 1. The number of hydrogen-bond acceptors (Lipinski definition) is 5. The Kier molecular flexibility index (Phi) is 3.90. The fourth-order valence-corrected chi connectivity index (χ4v) is 3.46. The second kappa shape index (κ2) is 5.83. The van der Waals surface area contributed by atoms with E-state index in [0.29, 0.717) is 16.4 Å². The smallest absolute Gasteiger partial charge is 0.261 e. The highest BCUT2D eigenvalue weighted by atomic mass is 32.1. The van der Waals surface area contributed by atoms with Crippen LogP contribution in [0.4, 0.5) is 5.13 Å². The Labute approximate surface area is 127 Å². The van der Waals surface area contributed by atoms with E-state index in [4.69, 9.17) is 4.74 Å². The van der Waals surface area contributed by atoms with Gasteiger partial charge in [-0.25, -0.2) is 4.98 Å². The Hall–Kier alpha value is -1.92. The standard InChI is InChI=1S/C15H17N3O2S/c1-18-8-7-11-13(9-18)21-15(16-11)17-14(19)10-5-3-4-6-12(10)20-2/h3-6H,7-9H2,1-2H3,(H,16,17,19). The van der Waals surface area contributed by atoms with E-state index in [2.05, 4.69) is 22.2 Å². The lowest BCUT2D eigenvalue weighted by Crippen LogP contribution is -2.25. The van der Waals surface area contributed by atoms with Crippen LogP contribution in [0.3, 0.4) is 0 Å². The third-order valence-electron chi connectivity index (χ3n) is 3.49. The normalized spacial score (nSPS) is 14.6. The quantitative estimate of drug-likeness (QED) is 0.946. The van der Waals surface area contributed by atoms with Crippen molar-refractivity contribution < 1.29 is 9.53 Å². The van der Waals surface area contributed by atoms with Crippen molar-refractivity contribution >= 4 is 22.4 Å². The van der Waals surface area contributed by atoms with Crippen molar-refractivity contribution in [1.29, 1.82) is 0 Å². The van der Waals surface area contributed by atoms with Crippen LogP contribution in [0.2, 0.25) is 0 Å². The van der Waals surface area contributed by atoms with Gasteiger partial charge in [0.15, 0.2) is 5.13 Å². The number of nitrogens with zero attached hydrogens (tertiary/aromatic N) is 2. The van der Waals surface area contributed by atoms with Crippen molar-refractivity contribution in [2.75, 3.05) is 26.0 Å². The van der Waals surface area contributed by atoms with E-state index in [9.17, 15) is 4.79 Å². The summed E-state index contributed by atoms with van der Waals surface area (Å²) < 4.78 is 5.22. The number of thiazole rings is 1.